The Kier molecular flexibility index (Phi) is 11.2. The van der Waals surface area contributed by atoms with Crippen molar-refractivity contribution in [2.75, 3.05) is 20.2 Å². The number of ether oxygens (including phenoxy) is 2. The number of halogens is 6. The maximum absolute atomic E-state index is 14.1. The maximum Gasteiger partial charge on any atom is 0.490 e. The van der Waals surface area contributed by atoms with Gasteiger partial charge in [0.25, 0.3) is 5.91 Å². The zero-order valence-corrected chi connectivity index (χ0v) is 20.5. The summed E-state index contributed by atoms with van der Waals surface area (Å²) >= 11 is 0. The Labute approximate surface area is 219 Å². The number of benzene rings is 3. The van der Waals surface area contributed by atoms with E-state index in [1.807, 2.05) is 0 Å². The first-order chi connectivity index (χ1) is 18.4. The van der Waals surface area contributed by atoms with Gasteiger partial charge < -0.3 is 25.2 Å². The number of nitrogens with two attached hydrogens (primary N) is 1. The summed E-state index contributed by atoms with van der Waals surface area (Å²) in [5.41, 5.74) is 6.52. The molecular formula is C26H24F6N2O5. The summed E-state index contributed by atoms with van der Waals surface area (Å²) in [4.78, 5) is 23.2. The molecule has 0 spiro atoms. The SMILES string of the molecule is COc1cc(CN(CCN)C(=O)c2ccccc2F)ccc1OCc1ccc(F)cc1F.O=C(O)C(F)(F)F. The highest BCUT2D eigenvalue weighted by Crippen LogP contribution is 2.30. The largest absolute Gasteiger partial charge is 0.493 e. The molecule has 0 radical (unpaired) electrons. The van der Waals surface area contributed by atoms with Crippen molar-refractivity contribution >= 4 is 11.9 Å². The number of rotatable bonds is 9. The molecule has 0 saturated heterocycles. The van der Waals surface area contributed by atoms with Crippen molar-refractivity contribution < 1.29 is 50.5 Å². The molecule has 0 aliphatic heterocycles. The lowest BCUT2D eigenvalue weighted by atomic mass is 10.1. The number of hydrogen-bond acceptors (Lipinski definition) is 5. The van der Waals surface area contributed by atoms with Gasteiger partial charge in [-0.1, -0.05) is 18.2 Å². The van der Waals surface area contributed by atoms with Gasteiger partial charge in [-0.05, 0) is 42.0 Å². The highest BCUT2D eigenvalue weighted by Gasteiger charge is 2.38. The van der Waals surface area contributed by atoms with E-state index in [0.717, 1.165) is 12.1 Å². The quantitative estimate of drug-likeness (QED) is 0.362. The highest BCUT2D eigenvalue weighted by atomic mass is 19.4. The van der Waals surface area contributed by atoms with E-state index < -0.39 is 35.5 Å². The third kappa shape index (κ3) is 9.21. The van der Waals surface area contributed by atoms with Gasteiger partial charge in [-0.2, -0.15) is 13.2 Å². The average molecular weight is 558 g/mol. The van der Waals surface area contributed by atoms with Crippen molar-refractivity contribution in [2.24, 2.45) is 5.73 Å². The van der Waals surface area contributed by atoms with E-state index in [-0.39, 0.29) is 37.4 Å². The first kappa shape index (κ1) is 31.0. The molecule has 0 heterocycles. The van der Waals surface area contributed by atoms with E-state index in [4.69, 9.17) is 25.1 Å². The van der Waals surface area contributed by atoms with Crippen molar-refractivity contribution in [3.8, 4) is 11.5 Å². The number of carbonyl (C=O) groups is 2. The Morgan fingerprint density at radius 1 is 0.949 bits per heavy atom. The van der Waals surface area contributed by atoms with Gasteiger partial charge in [0, 0.05) is 31.3 Å². The van der Waals surface area contributed by atoms with Gasteiger partial charge in [-0.3, -0.25) is 4.79 Å². The van der Waals surface area contributed by atoms with E-state index >= 15 is 0 Å². The second kappa shape index (κ2) is 14.0. The summed E-state index contributed by atoms with van der Waals surface area (Å²) in [5, 5.41) is 7.12. The third-order valence-electron chi connectivity index (χ3n) is 5.03. The summed E-state index contributed by atoms with van der Waals surface area (Å²) < 4.78 is 83.7. The Morgan fingerprint density at radius 3 is 2.18 bits per heavy atom. The fraction of sp³-hybridized carbons (Fsp3) is 0.231. The molecule has 3 N–H and O–H groups in total. The Morgan fingerprint density at radius 2 is 1.62 bits per heavy atom. The van der Waals surface area contributed by atoms with Crippen LogP contribution in [0, 0.1) is 17.5 Å². The van der Waals surface area contributed by atoms with Gasteiger partial charge in [-0.25, -0.2) is 18.0 Å². The van der Waals surface area contributed by atoms with Crippen LogP contribution in [0.15, 0.2) is 60.7 Å². The second-order valence-corrected chi connectivity index (χ2v) is 7.81. The minimum absolute atomic E-state index is 0.0332. The van der Waals surface area contributed by atoms with Gasteiger partial charge in [0.1, 0.15) is 24.1 Å². The van der Waals surface area contributed by atoms with Crippen molar-refractivity contribution in [3.05, 3.63) is 94.8 Å². The zero-order chi connectivity index (χ0) is 29.2. The number of nitrogens with zero attached hydrogens (tertiary/aromatic N) is 1. The number of alkyl halides is 3. The highest BCUT2D eigenvalue weighted by molar-refractivity contribution is 5.94. The molecule has 39 heavy (non-hydrogen) atoms. The van der Waals surface area contributed by atoms with Crippen LogP contribution in [0.3, 0.4) is 0 Å². The monoisotopic (exact) mass is 558 g/mol. The van der Waals surface area contributed by atoms with E-state index in [9.17, 15) is 31.1 Å². The topological polar surface area (TPSA) is 102 Å². The first-order valence-corrected chi connectivity index (χ1v) is 11.1. The van der Waals surface area contributed by atoms with Crippen molar-refractivity contribution in [3.63, 3.8) is 0 Å². The lowest BCUT2D eigenvalue weighted by Gasteiger charge is -2.23. The lowest BCUT2D eigenvalue weighted by Crippen LogP contribution is -2.35. The predicted molar refractivity (Wildman–Crippen MR) is 128 cm³/mol. The molecule has 0 atom stereocenters. The number of carboxylic acid groups (broad SMARTS) is 1. The Balaban J connectivity index is 0.000000673. The van der Waals surface area contributed by atoms with Crippen molar-refractivity contribution in [2.45, 2.75) is 19.3 Å². The number of methoxy groups -OCH3 is 1. The fourth-order valence-electron chi connectivity index (χ4n) is 3.16. The zero-order valence-electron chi connectivity index (χ0n) is 20.5. The summed E-state index contributed by atoms with van der Waals surface area (Å²) in [5.74, 6) is -4.48. The predicted octanol–water partition coefficient (Wildman–Crippen LogP) is 4.93. The molecule has 0 fully saturated rings. The lowest BCUT2D eigenvalue weighted by molar-refractivity contribution is -0.192. The fourth-order valence-corrected chi connectivity index (χ4v) is 3.16. The molecule has 0 saturated carbocycles. The van der Waals surface area contributed by atoms with E-state index in [1.54, 1.807) is 24.3 Å². The van der Waals surface area contributed by atoms with Gasteiger partial charge in [0.15, 0.2) is 11.5 Å². The average Bonchev–Trinajstić information content (AvgIpc) is 2.88. The van der Waals surface area contributed by atoms with Gasteiger partial charge in [0.05, 0.1) is 12.7 Å². The van der Waals surface area contributed by atoms with E-state index in [1.165, 1.54) is 36.3 Å². The van der Waals surface area contributed by atoms with Crippen LogP contribution in [0.4, 0.5) is 26.3 Å². The van der Waals surface area contributed by atoms with Crippen molar-refractivity contribution in [1.29, 1.82) is 0 Å². The van der Waals surface area contributed by atoms with Crippen LogP contribution < -0.4 is 15.2 Å². The van der Waals surface area contributed by atoms with Gasteiger partial charge in [0.2, 0.25) is 0 Å². The second-order valence-electron chi connectivity index (χ2n) is 7.81. The van der Waals surface area contributed by atoms with Crippen LogP contribution in [0.25, 0.3) is 0 Å². The molecule has 0 aromatic heterocycles. The Bertz CT molecular complexity index is 1290. The Hall–Kier alpha value is -4.26. The van der Waals surface area contributed by atoms with Crippen molar-refractivity contribution in [1.82, 2.24) is 4.90 Å². The molecule has 210 valence electrons. The standard InChI is InChI=1S/C24H23F3N2O3.C2HF3O2/c1-31-23-12-16(6-9-22(23)32-15-17-7-8-18(25)13-21(17)27)14-29(11-10-28)24(30)19-4-2-3-5-20(19)26;3-2(4,5)1(6)7/h2-9,12-13H,10-11,14-15,28H2,1H3;(H,6,7). The molecule has 3 aromatic carbocycles. The molecule has 1 amide bonds. The smallest absolute Gasteiger partial charge is 0.490 e. The summed E-state index contributed by atoms with van der Waals surface area (Å²) in [6.07, 6.45) is -5.08. The number of carbonyl (C=O) groups excluding carboxylic acids is 1. The molecule has 3 aromatic rings. The minimum Gasteiger partial charge on any atom is -0.493 e. The first-order valence-electron chi connectivity index (χ1n) is 11.1. The normalized spacial score (nSPS) is 10.8. The third-order valence-corrected chi connectivity index (χ3v) is 5.03. The number of carboxylic acids is 1. The molecule has 3 rings (SSSR count). The van der Waals surface area contributed by atoms with Crippen LogP contribution in [0.2, 0.25) is 0 Å². The summed E-state index contributed by atoms with van der Waals surface area (Å²) in [6, 6.07) is 14.0. The molecular weight excluding hydrogens is 534 g/mol. The minimum atomic E-state index is -5.08. The molecule has 13 heteroatoms. The molecule has 0 bridgehead atoms. The van der Waals surface area contributed by atoms with Crippen LogP contribution in [0.1, 0.15) is 21.5 Å². The van der Waals surface area contributed by atoms with Crippen LogP contribution in [-0.2, 0) is 17.9 Å². The molecule has 0 unspecified atom stereocenters. The molecule has 7 nitrogen and oxygen atoms in total. The van der Waals surface area contributed by atoms with Gasteiger partial charge in [-0.15, -0.1) is 0 Å². The molecule has 0 aliphatic rings. The maximum atomic E-state index is 14.1. The van der Waals surface area contributed by atoms with Gasteiger partial charge >= 0.3 is 12.1 Å². The number of amides is 1. The number of aliphatic carboxylic acids is 1. The molecule has 0 aliphatic carbocycles. The summed E-state index contributed by atoms with van der Waals surface area (Å²) in [7, 11) is 1.45. The van der Waals surface area contributed by atoms with E-state index in [2.05, 4.69) is 0 Å². The van der Waals surface area contributed by atoms with Crippen LogP contribution >= 0.6 is 0 Å². The number of hydrogen-bond donors (Lipinski definition) is 2. The van der Waals surface area contributed by atoms with E-state index in [0.29, 0.717) is 17.1 Å². The summed E-state index contributed by atoms with van der Waals surface area (Å²) in [6.45, 7) is 0.500. The van der Waals surface area contributed by atoms with Crippen LogP contribution in [-0.4, -0.2) is 48.3 Å². The van der Waals surface area contributed by atoms with Crippen LogP contribution in [0.5, 0.6) is 11.5 Å².